The summed E-state index contributed by atoms with van der Waals surface area (Å²) < 4.78 is 16.5. The van der Waals surface area contributed by atoms with Crippen molar-refractivity contribution in [1.82, 2.24) is 4.98 Å². The Morgan fingerprint density at radius 2 is 2.11 bits per heavy atom. The van der Waals surface area contributed by atoms with Crippen molar-refractivity contribution in [2.24, 2.45) is 0 Å². The van der Waals surface area contributed by atoms with Crippen LogP contribution < -0.4 is 4.74 Å². The van der Waals surface area contributed by atoms with Crippen LogP contribution in [0.4, 0.5) is 0 Å². The van der Waals surface area contributed by atoms with Gasteiger partial charge in [-0.15, -0.1) is 11.3 Å². The second-order valence-corrected chi connectivity index (χ2v) is 5.36. The normalized spacial score (nSPS) is 16.9. The molecule has 1 aromatic heterocycles. The number of methoxy groups -OCH3 is 1. The molecular formula is C14H15NO3S. The van der Waals surface area contributed by atoms with E-state index in [2.05, 4.69) is 4.98 Å². The van der Waals surface area contributed by atoms with Gasteiger partial charge < -0.3 is 14.2 Å². The minimum Gasteiger partial charge on any atom is -0.497 e. The molecule has 0 unspecified atom stereocenters. The summed E-state index contributed by atoms with van der Waals surface area (Å²) in [5.41, 5.74) is 0.761. The summed E-state index contributed by atoms with van der Waals surface area (Å²) in [5.74, 6) is 0.852. The van der Waals surface area contributed by atoms with E-state index in [1.54, 1.807) is 24.6 Å². The maximum atomic E-state index is 6.05. The number of ether oxygens (including phenoxy) is 3. The molecule has 5 heteroatoms. The smallest absolute Gasteiger partial charge is 0.166 e. The number of aromatic nitrogens is 1. The van der Waals surface area contributed by atoms with Gasteiger partial charge >= 0.3 is 0 Å². The predicted molar refractivity (Wildman–Crippen MR) is 72.4 cm³/mol. The van der Waals surface area contributed by atoms with Gasteiger partial charge in [0.1, 0.15) is 10.8 Å². The van der Waals surface area contributed by atoms with Crippen LogP contribution in [0.15, 0.2) is 35.8 Å². The van der Waals surface area contributed by atoms with E-state index in [-0.39, 0.29) is 5.60 Å². The van der Waals surface area contributed by atoms with E-state index in [0.717, 1.165) is 16.3 Å². The zero-order valence-corrected chi connectivity index (χ0v) is 11.5. The Labute approximate surface area is 116 Å². The number of rotatable bonds is 5. The minimum atomic E-state index is -0.353. The highest BCUT2D eigenvalue weighted by molar-refractivity contribution is 7.09. The van der Waals surface area contributed by atoms with E-state index in [0.29, 0.717) is 19.8 Å². The van der Waals surface area contributed by atoms with Gasteiger partial charge in [-0.1, -0.05) is 12.1 Å². The summed E-state index contributed by atoms with van der Waals surface area (Å²) in [6.07, 6.45) is 1.80. The highest BCUT2D eigenvalue weighted by Crippen LogP contribution is 2.35. The molecule has 0 amide bonds. The van der Waals surface area contributed by atoms with Gasteiger partial charge in [0.15, 0.2) is 5.60 Å². The third kappa shape index (κ3) is 2.49. The highest BCUT2D eigenvalue weighted by atomic mass is 32.1. The molecule has 3 rings (SSSR count). The first-order chi connectivity index (χ1) is 9.32. The Bertz CT molecular complexity index is 520. The van der Waals surface area contributed by atoms with Crippen LogP contribution in [0, 0.1) is 0 Å². The van der Waals surface area contributed by atoms with Crippen molar-refractivity contribution >= 4 is 11.3 Å². The molecule has 1 fully saturated rings. The average Bonchev–Trinajstić information content (AvgIpc) is 2.93. The molecule has 1 saturated heterocycles. The molecule has 0 saturated carbocycles. The van der Waals surface area contributed by atoms with E-state index in [4.69, 9.17) is 14.2 Å². The van der Waals surface area contributed by atoms with E-state index in [1.807, 2.05) is 29.6 Å². The fourth-order valence-electron chi connectivity index (χ4n) is 1.95. The first-order valence-corrected chi connectivity index (χ1v) is 6.95. The maximum Gasteiger partial charge on any atom is 0.166 e. The molecule has 19 heavy (non-hydrogen) atoms. The van der Waals surface area contributed by atoms with Gasteiger partial charge in [-0.25, -0.2) is 4.98 Å². The molecule has 0 bridgehead atoms. The molecule has 0 aliphatic carbocycles. The summed E-state index contributed by atoms with van der Waals surface area (Å²) in [5, 5.41) is 2.96. The van der Waals surface area contributed by atoms with Gasteiger partial charge in [0.25, 0.3) is 0 Å². The van der Waals surface area contributed by atoms with Crippen LogP contribution in [0.5, 0.6) is 5.75 Å². The third-order valence-corrected chi connectivity index (χ3v) is 4.13. The van der Waals surface area contributed by atoms with Gasteiger partial charge in [0, 0.05) is 11.6 Å². The fraction of sp³-hybridized carbons (Fsp3) is 0.357. The number of nitrogens with zero attached hydrogens (tertiary/aromatic N) is 1. The number of hydrogen-bond acceptors (Lipinski definition) is 5. The van der Waals surface area contributed by atoms with Crippen LogP contribution >= 0.6 is 11.3 Å². The Hall–Kier alpha value is -1.43. The first-order valence-electron chi connectivity index (χ1n) is 6.07. The molecule has 1 aromatic carbocycles. The molecule has 2 aromatic rings. The second-order valence-electron chi connectivity index (χ2n) is 4.46. The monoisotopic (exact) mass is 277 g/mol. The molecule has 0 radical (unpaired) electrons. The van der Waals surface area contributed by atoms with Crippen LogP contribution in [0.25, 0.3) is 0 Å². The summed E-state index contributed by atoms with van der Waals surface area (Å²) >= 11 is 1.61. The highest BCUT2D eigenvalue weighted by Gasteiger charge is 2.44. The van der Waals surface area contributed by atoms with Crippen LogP contribution in [-0.4, -0.2) is 25.3 Å². The van der Waals surface area contributed by atoms with Crippen molar-refractivity contribution in [3.05, 3.63) is 46.4 Å². The molecule has 1 aliphatic heterocycles. The Morgan fingerprint density at radius 1 is 1.32 bits per heavy atom. The van der Waals surface area contributed by atoms with Gasteiger partial charge in [0.2, 0.25) is 0 Å². The molecule has 100 valence electrons. The van der Waals surface area contributed by atoms with Crippen molar-refractivity contribution in [3.8, 4) is 5.75 Å². The van der Waals surface area contributed by atoms with E-state index >= 15 is 0 Å². The average molecular weight is 277 g/mol. The Morgan fingerprint density at radius 3 is 2.63 bits per heavy atom. The lowest BCUT2D eigenvalue weighted by Gasteiger charge is -2.39. The fourth-order valence-corrected chi connectivity index (χ4v) is 2.71. The van der Waals surface area contributed by atoms with Gasteiger partial charge in [0.05, 0.1) is 26.9 Å². The van der Waals surface area contributed by atoms with Crippen molar-refractivity contribution in [3.63, 3.8) is 0 Å². The maximum absolute atomic E-state index is 6.05. The third-order valence-electron chi connectivity index (χ3n) is 3.17. The summed E-state index contributed by atoms with van der Waals surface area (Å²) in [4.78, 5) is 4.34. The van der Waals surface area contributed by atoms with E-state index < -0.39 is 0 Å². The standard InChI is InChI=1S/C14H15NO3S/c1-16-12-4-2-11(3-5-12)8-18-14(9-17-10-14)13-15-6-7-19-13/h2-7H,8-10H2,1H3. The zero-order chi connectivity index (χ0) is 13.1. The quantitative estimate of drug-likeness (QED) is 0.842. The lowest BCUT2D eigenvalue weighted by molar-refractivity contribution is -0.222. The summed E-state index contributed by atoms with van der Waals surface area (Å²) in [6.45, 7) is 1.71. The van der Waals surface area contributed by atoms with Gasteiger partial charge in [-0.05, 0) is 17.7 Å². The Kier molecular flexibility index (Phi) is 3.50. The molecule has 0 atom stereocenters. The molecule has 0 spiro atoms. The van der Waals surface area contributed by atoms with Crippen molar-refractivity contribution in [1.29, 1.82) is 0 Å². The molecule has 2 heterocycles. The summed E-state index contributed by atoms with van der Waals surface area (Å²) in [6, 6.07) is 7.89. The number of benzene rings is 1. The predicted octanol–water partition coefficient (Wildman–Crippen LogP) is 2.59. The topological polar surface area (TPSA) is 40.6 Å². The van der Waals surface area contributed by atoms with E-state index in [1.165, 1.54) is 0 Å². The lowest BCUT2D eigenvalue weighted by atomic mass is 10.0. The van der Waals surface area contributed by atoms with Crippen molar-refractivity contribution in [2.75, 3.05) is 20.3 Å². The minimum absolute atomic E-state index is 0.353. The number of hydrogen-bond donors (Lipinski definition) is 0. The van der Waals surface area contributed by atoms with E-state index in [9.17, 15) is 0 Å². The SMILES string of the molecule is COc1ccc(COC2(c3nccs3)COC2)cc1. The zero-order valence-electron chi connectivity index (χ0n) is 10.7. The first kappa shape index (κ1) is 12.6. The largest absolute Gasteiger partial charge is 0.497 e. The molecule has 1 aliphatic rings. The number of thiazole rings is 1. The van der Waals surface area contributed by atoms with Gasteiger partial charge in [-0.3, -0.25) is 0 Å². The van der Waals surface area contributed by atoms with Crippen LogP contribution in [0.2, 0.25) is 0 Å². The summed E-state index contributed by atoms with van der Waals surface area (Å²) in [7, 11) is 1.66. The molecule has 4 nitrogen and oxygen atoms in total. The van der Waals surface area contributed by atoms with Crippen LogP contribution in [-0.2, 0) is 21.7 Å². The molecule has 0 N–H and O–H groups in total. The Balaban J connectivity index is 1.67. The van der Waals surface area contributed by atoms with Crippen LogP contribution in [0.1, 0.15) is 10.6 Å². The van der Waals surface area contributed by atoms with Gasteiger partial charge in [-0.2, -0.15) is 0 Å². The molecular weight excluding hydrogens is 262 g/mol. The lowest BCUT2D eigenvalue weighted by Crippen LogP contribution is -2.48. The van der Waals surface area contributed by atoms with Crippen molar-refractivity contribution < 1.29 is 14.2 Å². The van der Waals surface area contributed by atoms with Crippen LogP contribution in [0.3, 0.4) is 0 Å². The van der Waals surface area contributed by atoms with Crippen molar-refractivity contribution in [2.45, 2.75) is 12.2 Å². The second kappa shape index (κ2) is 5.28.